The fraction of sp³-hybridized carbons (Fsp3) is 0.500. The molecule has 19 heavy (non-hydrogen) atoms. The van der Waals surface area contributed by atoms with Gasteiger partial charge in [-0.05, 0) is 31.2 Å². The van der Waals surface area contributed by atoms with Crippen LogP contribution in [0.1, 0.15) is 25.7 Å². The lowest BCUT2D eigenvalue weighted by molar-refractivity contribution is 0.454. The Balaban J connectivity index is 2.05. The van der Waals surface area contributed by atoms with Crippen molar-refractivity contribution in [1.29, 1.82) is 0 Å². The zero-order chi connectivity index (χ0) is 13.5. The third kappa shape index (κ3) is 4.14. The van der Waals surface area contributed by atoms with Crippen molar-refractivity contribution in [2.45, 2.75) is 37.0 Å². The van der Waals surface area contributed by atoms with Crippen molar-refractivity contribution in [2.75, 3.05) is 11.6 Å². The van der Waals surface area contributed by atoms with Gasteiger partial charge in [-0.2, -0.15) is 11.8 Å². The lowest BCUT2D eigenvalue weighted by Crippen LogP contribution is -2.39. The van der Waals surface area contributed by atoms with Crippen molar-refractivity contribution in [3.63, 3.8) is 0 Å². The zero-order valence-electron chi connectivity index (χ0n) is 11.3. The van der Waals surface area contributed by atoms with Gasteiger partial charge >= 0.3 is 0 Å². The summed E-state index contributed by atoms with van der Waals surface area (Å²) >= 11 is 1.91. The Hall–Kier alpha value is -1.20. The Kier molecular flexibility index (Phi) is 5.54. The molecule has 0 aliphatic heterocycles. The fourth-order valence-electron chi connectivity index (χ4n) is 2.43. The predicted octanol–water partition coefficient (Wildman–Crippen LogP) is 2.59. The van der Waals surface area contributed by atoms with Crippen LogP contribution in [0.4, 0.5) is 5.69 Å². The average molecular weight is 278 g/mol. The molecule has 1 saturated carbocycles. The second-order valence-corrected chi connectivity index (χ2v) is 5.82. The van der Waals surface area contributed by atoms with E-state index in [0.29, 0.717) is 17.3 Å². The number of guanidine groups is 1. The van der Waals surface area contributed by atoms with Crippen LogP contribution in [0.5, 0.6) is 0 Å². The molecule has 0 aromatic heterocycles. The molecule has 0 radical (unpaired) electrons. The fourth-order valence-corrected chi connectivity index (χ4v) is 3.34. The summed E-state index contributed by atoms with van der Waals surface area (Å²) < 4.78 is 0. The predicted molar refractivity (Wildman–Crippen MR) is 84.4 cm³/mol. The maximum absolute atomic E-state index is 5.57. The first-order chi connectivity index (χ1) is 9.33. The summed E-state index contributed by atoms with van der Waals surface area (Å²) in [6.07, 6.45) is 7.13. The van der Waals surface area contributed by atoms with Gasteiger partial charge in [-0.1, -0.05) is 31.0 Å². The van der Waals surface area contributed by atoms with Gasteiger partial charge in [-0.25, -0.2) is 10.8 Å². The molecule has 1 fully saturated rings. The Morgan fingerprint density at radius 2 is 2.00 bits per heavy atom. The number of benzene rings is 1. The van der Waals surface area contributed by atoms with Crippen molar-refractivity contribution in [3.05, 3.63) is 30.3 Å². The van der Waals surface area contributed by atoms with Crippen LogP contribution >= 0.6 is 11.8 Å². The Morgan fingerprint density at radius 1 is 1.26 bits per heavy atom. The molecule has 0 bridgehead atoms. The Morgan fingerprint density at radius 3 is 2.68 bits per heavy atom. The Bertz CT molecular complexity index is 407. The molecule has 5 heteroatoms. The molecule has 2 unspecified atom stereocenters. The number of nitrogens with one attached hydrogen (secondary N) is 2. The summed E-state index contributed by atoms with van der Waals surface area (Å²) in [7, 11) is 0. The average Bonchev–Trinajstić information content (AvgIpc) is 2.48. The van der Waals surface area contributed by atoms with E-state index in [1.54, 1.807) is 0 Å². The lowest BCUT2D eigenvalue weighted by atomic mass is 9.95. The molecule has 2 atom stereocenters. The van der Waals surface area contributed by atoms with Gasteiger partial charge in [-0.15, -0.1) is 0 Å². The number of thioether (sulfide) groups is 1. The van der Waals surface area contributed by atoms with E-state index in [9.17, 15) is 0 Å². The molecular formula is C14H22N4S. The molecule has 1 aliphatic rings. The van der Waals surface area contributed by atoms with E-state index in [-0.39, 0.29) is 0 Å². The van der Waals surface area contributed by atoms with Gasteiger partial charge in [0.1, 0.15) is 0 Å². The largest absolute Gasteiger partial charge is 0.325 e. The first kappa shape index (κ1) is 14.2. The van der Waals surface area contributed by atoms with Crippen LogP contribution < -0.4 is 16.6 Å². The first-order valence-corrected chi connectivity index (χ1v) is 8.01. The summed E-state index contributed by atoms with van der Waals surface area (Å²) in [6, 6.07) is 10.3. The van der Waals surface area contributed by atoms with E-state index in [1.807, 2.05) is 42.1 Å². The third-order valence-electron chi connectivity index (χ3n) is 3.44. The van der Waals surface area contributed by atoms with Gasteiger partial charge in [0.15, 0.2) is 0 Å². The zero-order valence-corrected chi connectivity index (χ0v) is 12.1. The lowest BCUT2D eigenvalue weighted by Gasteiger charge is -2.27. The van der Waals surface area contributed by atoms with Crippen LogP contribution in [0.25, 0.3) is 0 Å². The number of hydrazine groups is 1. The van der Waals surface area contributed by atoms with Gasteiger partial charge in [0.2, 0.25) is 5.96 Å². The summed E-state index contributed by atoms with van der Waals surface area (Å²) in [5.41, 5.74) is 3.67. The van der Waals surface area contributed by atoms with E-state index >= 15 is 0 Å². The number of rotatable bonds is 3. The number of nitrogens with zero attached hydrogens (tertiary/aromatic N) is 1. The van der Waals surface area contributed by atoms with Gasteiger partial charge in [0.05, 0.1) is 6.04 Å². The van der Waals surface area contributed by atoms with Crippen LogP contribution in [0.2, 0.25) is 0 Å². The molecule has 4 nitrogen and oxygen atoms in total. The molecule has 4 N–H and O–H groups in total. The Labute approximate surface area is 119 Å². The molecule has 0 spiro atoms. The second kappa shape index (κ2) is 7.40. The second-order valence-electron chi connectivity index (χ2n) is 4.74. The van der Waals surface area contributed by atoms with E-state index in [2.05, 4.69) is 17.0 Å². The summed E-state index contributed by atoms with van der Waals surface area (Å²) in [5, 5.41) is 3.83. The van der Waals surface area contributed by atoms with E-state index in [4.69, 9.17) is 10.8 Å². The van der Waals surface area contributed by atoms with Crippen molar-refractivity contribution >= 4 is 23.4 Å². The highest BCUT2D eigenvalue weighted by atomic mass is 32.2. The van der Waals surface area contributed by atoms with Crippen LogP contribution in [0.15, 0.2) is 35.3 Å². The molecule has 0 amide bonds. The maximum Gasteiger partial charge on any atom is 0.210 e. The van der Waals surface area contributed by atoms with E-state index in [0.717, 1.165) is 12.1 Å². The molecule has 2 rings (SSSR count). The SMILES string of the molecule is CSC1CCCCC1N=C(NN)Nc1ccccc1. The molecule has 1 aromatic carbocycles. The van der Waals surface area contributed by atoms with Gasteiger partial charge in [0.25, 0.3) is 0 Å². The van der Waals surface area contributed by atoms with Crippen LogP contribution in [-0.4, -0.2) is 23.5 Å². The molecule has 0 saturated heterocycles. The monoisotopic (exact) mass is 278 g/mol. The highest BCUT2D eigenvalue weighted by Crippen LogP contribution is 2.29. The third-order valence-corrected chi connectivity index (χ3v) is 4.59. The highest BCUT2D eigenvalue weighted by Gasteiger charge is 2.24. The van der Waals surface area contributed by atoms with Crippen molar-refractivity contribution in [1.82, 2.24) is 5.43 Å². The van der Waals surface area contributed by atoms with Gasteiger partial charge in [0, 0.05) is 10.9 Å². The normalized spacial score (nSPS) is 24.0. The van der Waals surface area contributed by atoms with Crippen molar-refractivity contribution in [2.24, 2.45) is 10.8 Å². The minimum absolute atomic E-state index is 0.353. The maximum atomic E-state index is 5.57. The number of hydrogen-bond acceptors (Lipinski definition) is 3. The number of anilines is 1. The summed E-state index contributed by atoms with van der Waals surface area (Å²) in [4.78, 5) is 4.75. The number of hydrogen-bond donors (Lipinski definition) is 3. The van der Waals surface area contributed by atoms with Crippen LogP contribution in [-0.2, 0) is 0 Å². The minimum Gasteiger partial charge on any atom is -0.325 e. The quantitative estimate of drug-likeness (QED) is 0.344. The van der Waals surface area contributed by atoms with Crippen molar-refractivity contribution in [3.8, 4) is 0 Å². The number of para-hydroxylation sites is 1. The minimum atomic E-state index is 0.353. The molecule has 1 aliphatic carbocycles. The van der Waals surface area contributed by atoms with Crippen LogP contribution in [0.3, 0.4) is 0 Å². The van der Waals surface area contributed by atoms with E-state index in [1.165, 1.54) is 19.3 Å². The summed E-state index contributed by atoms with van der Waals surface area (Å²) in [5.74, 6) is 6.22. The van der Waals surface area contributed by atoms with Crippen molar-refractivity contribution < 1.29 is 0 Å². The topological polar surface area (TPSA) is 62.4 Å². The number of aliphatic imine (C=N–C) groups is 1. The standard InChI is InChI=1S/C14H22N4S/c1-19-13-10-6-5-9-12(13)17-14(18-15)16-11-7-3-2-4-8-11/h2-4,7-8,12-13H,5-6,9-10,15H2,1H3,(H2,16,17,18). The first-order valence-electron chi connectivity index (χ1n) is 6.72. The van der Waals surface area contributed by atoms with Crippen LogP contribution in [0, 0.1) is 0 Å². The summed E-state index contributed by atoms with van der Waals surface area (Å²) in [6.45, 7) is 0. The van der Waals surface area contributed by atoms with E-state index < -0.39 is 0 Å². The number of nitrogens with two attached hydrogens (primary N) is 1. The molecular weight excluding hydrogens is 256 g/mol. The molecule has 1 aromatic rings. The smallest absolute Gasteiger partial charge is 0.210 e. The van der Waals surface area contributed by atoms with Gasteiger partial charge < -0.3 is 5.32 Å². The van der Waals surface area contributed by atoms with Gasteiger partial charge in [-0.3, -0.25) is 5.43 Å². The highest BCUT2D eigenvalue weighted by molar-refractivity contribution is 7.99. The molecule has 104 valence electrons. The molecule has 0 heterocycles.